The van der Waals surface area contributed by atoms with E-state index < -0.39 is 5.97 Å². The van der Waals surface area contributed by atoms with Crippen LogP contribution in [0.3, 0.4) is 0 Å². The first-order valence-corrected chi connectivity index (χ1v) is 11.0. The summed E-state index contributed by atoms with van der Waals surface area (Å²) in [6, 6.07) is 20.0. The van der Waals surface area contributed by atoms with Crippen molar-refractivity contribution in [3.8, 4) is 5.75 Å². The van der Waals surface area contributed by atoms with Gasteiger partial charge in [-0.15, -0.1) is 0 Å². The summed E-state index contributed by atoms with van der Waals surface area (Å²) >= 11 is 0. The number of carboxylic acids is 1. The largest absolute Gasteiger partial charge is 0.508 e. The van der Waals surface area contributed by atoms with Crippen molar-refractivity contribution in [2.45, 2.75) is 32.1 Å². The molecule has 0 atom stereocenters. The van der Waals surface area contributed by atoms with Gasteiger partial charge in [-0.2, -0.15) is 0 Å². The average molecular weight is 443 g/mol. The van der Waals surface area contributed by atoms with Crippen LogP contribution >= 0.6 is 0 Å². The number of carbonyl (C=O) groups excluding carboxylic acids is 2. The summed E-state index contributed by atoms with van der Waals surface area (Å²) in [4.78, 5) is 37.6. The zero-order valence-electron chi connectivity index (χ0n) is 18.2. The first-order chi connectivity index (χ1) is 15.9. The van der Waals surface area contributed by atoms with Gasteiger partial charge in [-0.1, -0.05) is 42.5 Å². The maximum Gasteiger partial charge on any atom is 0.303 e. The maximum absolute atomic E-state index is 12.6. The normalized spacial score (nSPS) is 12.8. The highest BCUT2D eigenvalue weighted by Crippen LogP contribution is 2.23. The predicted molar refractivity (Wildman–Crippen MR) is 123 cm³/mol. The molecule has 0 saturated heterocycles. The Balaban J connectivity index is 1.49. The van der Waals surface area contributed by atoms with Gasteiger partial charge in [0.05, 0.1) is 11.1 Å². The highest BCUT2D eigenvalue weighted by molar-refractivity contribution is 6.21. The van der Waals surface area contributed by atoms with Gasteiger partial charge in [0.1, 0.15) is 5.75 Å². The van der Waals surface area contributed by atoms with E-state index in [9.17, 15) is 19.5 Å². The van der Waals surface area contributed by atoms with E-state index in [4.69, 9.17) is 5.11 Å². The van der Waals surface area contributed by atoms with Crippen molar-refractivity contribution in [3.63, 3.8) is 0 Å². The van der Waals surface area contributed by atoms with Gasteiger partial charge in [-0.25, -0.2) is 0 Å². The third-order valence-corrected chi connectivity index (χ3v) is 5.88. The van der Waals surface area contributed by atoms with Gasteiger partial charge >= 0.3 is 5.97 Å². The van der Waals surface area contributed by atoms with Crippen LogP contribution in [0.2, 0.25) is 0 Å². The SMILES string of the molecule is O=C(O)CCc1cc(CCc2ccc(O)cc2)cc(CCN2C(=O)c3ccccc3C2=O)c1. The number of carboxylic acid groups (broad SMARTS) is 1. The van der Waals surface area contributed by atoms with Gasteiger partial charge in [0.25, 0.3) is 11.8 Å². The number of hydrogen-bond donors (Lipinski definition) is 2. The topological polar surface area (TPSA) is 94.9 Å². The fourth-order valence-corrected chi connectivity index (χ4v) is 4.16. The van der Waals surface area contributed by atoms with E-state index in [1.165, 1.54) is 4.90 Å². The quantitative estimate of drug-likeness (QED) is 0.487. The van der Waals surface area contributed by atoms with Crippen molar-refractivity contribution in [3.05, 3.63) is 100 Å². The molecule has 3 aromatic carbocycles. The van der Waals surface area contributed by atoms with E-state index in [0.29, 0.717) is 24.0 Å². The van der Waals surface area contributed by atoms with Crippen LogP contribution < -0.4 is 0 Å². The number of benzene rings is 3. The zero-order chi connectivity index (χ0) is 23.4. The monoisotopic (exact) mass is 443 g/mol. The van der Waals surface area contributed by atoms with Crippen LogP contribution in [-0.2, 0) is 30.5 Å². The molecule has 0 fully saturated rings. The molecule has 168 valence electrons. The van der Waals surface area contributed by atoms with Gasteiger partial charge in [0, 0.05) is 13.0 Å². The number of nitrogens with zero attached hydrogens (tertiary/aromatic N) is 1. The molecule has 0 unspecified atom stereocenters. The molecule has 3 aromatic rings. The van der Waals surface area contributed by atoms with Crippen molar-refractivity contribution in [1.29, 1.82) is 0 Å². The Morgan fingerprint density at radius 2 is 1.21 bits per heavy atom. The van der Waals surface area contributed by atoms with Gasteiger partial charge < -0.3 is 10.2 Å². The lowest BCUT2D eigenvalue weighted by atomic mass is 9.96. The number of aromatic hydroxyl groups is 1. The average Bonchev–Trinajstić information content (AvgIpc) is 3.06. The highest BCUT2D eigenvalue weighted by atomic mass is 16.4. The van der Waals surface area contributed by atoms with Gasteiger partial charge in [0.15, 0.2) is 0 Å². The number of amides is 2. The summed E-state index contributed by atoms with van der Waals surface area (Å²) in [5.41, 5.74) is 4.94. The molecular formula is C27H25NO5. The van der Waals surface area contributed by atoms with E-state index in [0.717, 1.165) is 35.1 Å². The summed E-state index contributed by atoms with van der Waals surface area (Å²) in [5, 5.41) is 18.5. The summed E-state index contributed by atoms with van der Waals surface area (Å²) in [7, 11) is 0. The number of imide groups is 1. The Kier molecular flexibility index (Phi) is 6.54. The minimum absolute atomic E-state index is 0.0409. The molecule has 0 bridgehead atoms. The second kappa shape index (κ2) is 9.69. The number of phenolic OH excluding ortho intramolecular Hbond substituents is 1. The molecule has 0 radical (unpaired) electrons. The molecule has 0 saturated carbocycles. The highest BCUT2D eigenvalue weighted by Gasteiger charge is 2.34. The van der Waals surface area contributed by atoms with Crippen LogP contribution in [-0.4, -0.2) is 39.4 Å². The molecule has 2 N–H and O–H groups in total. The van der Waals surface area contributed by atoms with Crippen molar-refractivity contribution >= 4 is 17.8 Å². The molecule has 1 aliphatic heterocycles. The molecule has 33 heavy (non-hydrogen) atoms. The minimum Gasteiger partial charge on any atom is -0.508 e. The second-order valence-corrected chi connectivity index (χ2v) is 8.28. The fourth-order valence-electron chi connectivity index (χ4n) is 4.16. The smallest absolute Gasteiger partial charge is 0.303 e. The first kappa shape index (κ1) is 22.3. The van der Waals surface area contributed by atoms with Gasteiger partial charge in [-0.05, 0) is 72.2 Å². The Hall–Kier alpha value is -3.93. The van der Waals surface area contributed by atoms with Crippen molar-refractivity contribution in [2.24, 2.45) is 0 Å². The Morgan fingerprint density at radius 3 is 1.79 bits per heavy atom. The lowest BCUT2D eigenvalue weighted by Gasteiger charge is -2.15. The summed E-state index contributed by atoms with van der Waals surface area (Å²) < 4.78 is 0. The predicted octanol–water partition coefficient (Wildman–Crippen LogP) is 4.03. The van der Waals surface area contributed by atoms with Crippen LogP contribution in [0.4, 0.5) is 0 Å². The third kappa shape index (κ3) is 5.29. The van der Waals surface area contributed by atoms with Crippen LogP contribution in [0.1, 0.15) is 49.4 Å². The summed E-state index contributed by atoms with van der Waals surface area (Å²) in [6.07, 6.45) is 2.49. The number of aryl methyl sites for hydroxylation is 3. The molecule has 6 heteroatoms. The summed E-state index contributed by atoms with van der Waals surface area (Å²) in [5.74, 6) is -1.17. The molecule has 1 aliphatic rings. The molecule has 6 nitrogen and oxygen atoms in total. The Morgan fingerprint density at radius 1 is 0.697 bits per heavy atom. The number of carbonyl (C=O) groups is 3. The van der Waals surface area contributed by atoms with E-state index in [1.54, 1.807) is 36.4 Å². The molecule has 4 rings (SSSR count). The van der Waals surface area contributed by atoms with E-state index >= 15 is 0 Å². The molecule has 1 heterocycles. The molecule has 0 aromatic heterocycles. The maximum atomic E-state index is 12.6. The number of aliphatic carboxylic acids is 1. The van der Waals surface area contributed by atoms with Crippen LogP contribution in [0, 0.1) is 0 Å². The number of fused-ring (bicyclic) bond motifs is 1. The third-order valence-electron chi connectivity index (χ3n) is 5.88. The van der Waals surface area contributed by atoms with Gasteiger partial charge in [0.2, 0.25) is 0 Å². The van der Waals surface area contributed by atoms with E-state index in [-0.39, 0.29) is 30.5 Å². The Labute approximate surface area is 192 Å². The lowest BCUT2D eigenvalue weighted by molar-refractivity contribution is -0.136. The van der Waals surface area contributed by atoms with E-state index in [2.05, 4.69) is 6.07 Å². The lowest BCUT2D eigenvalue weighted by Crippen LogP contribution is -2.31. The first-order valence-electron chi connectivity index (χ1n) is 11.0. The van der Waals surface area contributed by atoms with Gasteiger partial charge in [-0.3, -0.25) is 19.3 Å². The van der Waals surface area contributed by atoms with E-state index in [1.807, 2.05) is 24.3 Å². The van der Waals surface area contributed by atoms with Crippen molar-refractivity contribution < 1.29 is 24.6 Å². The van der Waals surface area contributed by atoms with Crippen LogP contribution in [0.5, 0.6) is 5.75 Å². The van der Waals surface area contributed by atoms with Crippen LogP contribution in [0.25, 0.3) is 0 Å². The molecule has 0 spiro atoms. The fraction of sp³-hybridized carbons (Fsp3) is 0.222. The minimum atomic E-state index is -0.850. The number of phenols is 1. The molecular weight excluding hydrogens is 418 g/mol. The second-order valence-electron chi connectivity index (χ2n) is 8.28. The summed E-state index contributed by atoms with van der Waals surface area (Å²) in [6.45, 7) is 0.270. The van der Waals surface area contributed by atoms with Crippen molar-refractivity contribution in [2.75, 3.05) is 6.54 Å². The van der Waals surface area contributed by atoms with Crippen molar-refractivity contribution in [1.82, 2.24) is 4.90 Å². The number of rotatable bonds is 9. The standard InChI is InChI=1S/C27H25NO5/c29-22-10-7-18(8-11-22)5-6-19-15-20(9-12-25(30)31)17-21(16-19)13-14-28-26(32)23-3-1-2-4-24(23)27(28)33/h1-4,7-8,10-11,15-17,29H,5-6,9,12-14H2,(H,30,31). The van der Waals surface area contributed by atoms with Crippen LogP contribution in [0.15, 0.2) is 66.7 Å². The zero-order valence-corrected chi connectivity index (χ0v) is 18.2. The molecule has 2 amide bonds. The molecule has 0 aliphatic carbocycles. The number of hydrogen-bond acceptors (Lipinski definition) is 4. The Bertz CT molecular complexity index is 1160.